The highest BCUT2D eigenvalue weighted by atomic mass is 35.7. The first-order chi connectivity index (χ1) is 46.9. The monoisotopic (exact) mass is 1520 g/mol. The lowest BCUT2D eigenvalue weighted by molar-refractivity contribution is -0.123. The van der Waals surface area contributed by atoms with E-state index in [0.717, 1.165) is 24.3 Å². The summed E-state index contributed by atoms with van der Waals surface area (Å²) in [6.07, 6.45) is 3.03. The SMILES string of the molecule is C.C.C.C1CCOC1.CNC(=O)C(Cc1ccc(N)cc1)NC(=O)c1ccc(OC(C)C)c(Cl)c1.CNC(=O)C(Cc1ccc(S(=O)(=O)Cl)cc1)NC(=O)c1ccc(OC(C)C)c(Cl)c1.CNC(=O)C(Cc1ccc(S(=O)(=O)NCc2ccccc2)cc1)NC(=O)c1ccc(OC(C)C)c(Cl)c1. The van der Waals surface area contributed by atoms with Gasteiger partial charge in [0.2, 0.25) is 27.7 Å². The minimum Gasteiger partial charge on any atom is -0.489 e. The number of anilines is 1. The smallest absolute Gasteiger partial charge is 0.261 e. The van der Waals surface area contributed by atoms with Gasteiger partial charge in [-0.15, -0.1) is 0 Å². The Kier molecular flexibility index (Phi) is 38.8. The summed E-state index contributed by atoms with van der Waals surface area (Å²) in [5.41, 5.74) is 10.3. The van der Waals surface area contributed by atoms with Gasteiger partial charge in [0.25, 0.3) is 26.8 Å². The Morgan fingerprint density at radius 2 is 0.765 bits per heavy atom. The molecule has 22 nitrogen and oxygen atoms in total. The van der Waals surface area contributed by atoms with Crippen LogP contribution in [0, 0.1) is 0 Å². The molecule has 3 atom stereocenters. The molecule has 1 aliphatic heterocycles. The van der Waals surface area contributed by atoms with Crippen molar-refractivity contribution in [3.8, 4) is 17.2 Å². The van der Waals surface area contributed by atoms with E-state index in [0.29, 0.717) is 51.1 Å². The van der Waals surface area contributed by atoms with Crippen LogP contribution in [0.15, 0.2) is 168 Å². The van der Waals surface area contributed by atoms with Crippen LogP contribution in [0.2, 0.25) is 15.1 Å². The highest BCUT2D eigenvalue weighted by molar-refractivity contribution is 8.13. The van der Waals surface area contributed by atoms with E-state index in [1.807, 2.05) is 84.0 Å². The van der Waals surface area contributed by atoms with Crippen LogP contribution in [-0.4, -0.2) is 123 Å². The molecule has 7 aromatic carbocycles. The molecule has 0 radical (unpaired) electrons. The van der Waals surface area contributed by atoms with Gasteiger partial charge in [0.05, 0.1) is 43.2 Å². The molecule has 102 heavy (non-hydrogen) atoms. The van der Waals surface area contributed by atoms with E-state index in [-0.39, 0.29) is 103 Å². The largest absolute Gasteiger partial charge is 0.489 e. The third-order valence-corrected chi connectivity index (χ3v) is 17.8. The molecule has 9 N–H and O–H groups in total. The topological polar surface area (TPSA) is 318 Å². The highest BCUT2D eigenvalue weighted by Gasteiger charge is 2.26. The number of ether oxygens (including phenoxy) is 4. The van der Waals surface area contributed by atoms with E-state index >= 15 is 0 Å². The third-order valence-electron chi connectivity index (χ3n) is 14.1. The van der Waals surface area contributed by atoms with Crippen molar-refractivity contribution >= 4 is 106 Å². The highest BCUT2D eigenvalue weighted by Crippen LogP contribution is 2.30. The maximum absolute atomic E-state index is 12.8. The third kappa shape index (κ3) is 30.2. The van der Waals surface area contributed by atoms with E-state index in [2.05, 4.69) is 36.6 Å². The molecule has 1 saturated heterocycles. The Bertz CT molecular complexity index is 4050. The van der Waals surface area contributed by atoms with Crippen molar-refractivity contribution in [2.45, 2.75) is 149 Å². The van der Waals surface area contributed by atoms with E-state index < -0.39 is 60.8 Å². The van der Waals surface area contributed by atoms with Crippen LogP contribution in [0.3, 0.4) is 0 Å². The summed E-state index contributed by atoms with van der Waals surface area (Å²) in [7, 11) is 2.22. The molecule has 0 spiro atoms. The molecule has 0 aromatic heterocycles. The first-order valence-electron chi connectivity index (χ1n) is 31.4. The van der Waals surface area contributed by atoms with Crippen molar-refractivity contribution in [2.75, 3.05) is 40.1 Å². The molecular weight excluding hydrogens is 1430 g/mol. The number of likely N-dealkylation sites (N-methyl/N-ethyl adjacent to an activating group) is 3. The summed E-state index contributed by atoms with van der Waals surface area (Å²) in [6.45, 7) is 13.4. The molecule has 6 amide bonds. The zero-order chi connectivity index (χ0) is 73.0. The minimum atomic E-state index is -3.84. The summed E-state index contributed by atoms with van der Waals surface area (Å²) < 4.78 is 72.3. The number of nitrogen functional groups attached to an aromatic ring is 1. The number of rotatable bonds is 26. The summed E-state index contributed by atoms with van der Waals surface area (Å²) in [5, 5.41) is 16.7. The second kappa shape index (κ2) is 44.1. The lowest BCUT2D eigenvalue weighted by atomic mass is 10.0. The molecule has 1 aliphatic rings. The summed E-state index contributed by atoms with van der Waals surface area (Å²) in [6, 6.07) is 39.9. The van der Waals surface area contributed by atoms with Crippen LogP contribution in [0.1, 0.15) is 130 Å². The number of carbonyl (C=O) groups is 6. The molecule has 1 heterocycles. The number of nitrogens with two attached hydrogens (primary N) is 1. The molecule has 0 bridgehead atoms. The van der Waals surface area contributed by atoms with Crippen molar-refractivity contribution in [1.82, 2.24) is 36.6 Å². The molecule has 556 valence electrons. The van der Waals surface area contributed by atoms with Crippen molar-refractivity contribution in [3.05, 3.63) is 212 Å². The van der Waals surface area contributed by atoms with E-state index in [4.69, 9.17) is 70.2 Å². The van der Waals surface area contributed by atoms with Gasteiger partial charge in [0, 0.05) is 93.2 Å². The summed E-state index contributed by atoms with van der Waals surface area (Å²) in [4.78, 5) is 75.1. The Balaban J connectivity index is 0.000000500. The number of benzene rings is 7. The van der Waals surface area contributed by atoms with Crippen LogP contribution in [-0.2, 0) is 64.0 Å². The fourth-order valence-electron chi connectivity index (χ4n) is 9.17. The normalized spacial score (nSPS) is 12.3. The zero-order valence-electron chi connectivity index (χ0n) is 56.3. The Labute approximate surface area is 620 Å². The minimum absolute atomic E-state index is 0. The predicted octanol–water partition coefficient (Wildman–Crippen LogP) is 12.3. The van der Waals surface area contributed by atoms with E-state index in [1.54, 1.807) is 60.7 Å². The number of hydrogen-bond donors (Lipinski definition) is 8. The molecular formula is C74H96Cl4N8O14S2. The first-order valence-corrected chi connectivity index (χ1v) is 36.4. The molecule has 0 aliphatic carbocycles. The number of nitrogens with one attached hydrogen (secondary N) is 7. The summed E-state index contributed by atoms with van der Waals surface area (Å²) >= 11 is 18.6. The van der Waals surface area contributed by atoms with Gasteiger partial charge in [-0.25, -0.2) is 21.6 Å². The maximum Gasteiger partial charge on any atom is 0.261 e. The van der Waals surface area contributed by atoms with Gasteiger partial charge >= 0.3 is 0 Å². The van der Waals surface area contributed by atoms with Gasteiger partial charge in [0.15, 0.2) is 0 Å². The number of hydrogen-bond acceptors (Lipinski definition) is 15. The molecule has 3 unspecified atom stereocenters. The lowest BCUT2D eigenvalue weighted by Crippen LogP contribution is -2.47. The standard InChI is InChI=1S/C27H30ClN3O5S.C20H22Cl2N2O5S.C20H24ClN3O3.C4H8O.3CH4/c1-18(2)36-25-14-11-21(16-23(25)28)26(32)31-24(27(33)29-3)15-19-9-12-22(13-10-19)37(34,35)30-17-20-7-5-4-6-8-20;1-12(2)29-18-9-6-14(11-16(18)21)19(25)24-17(20(26)23-3)10-13-4-7-15(8-5-13)30(22,27)28;1-12(2)27-18-9-6-14(11-16(18)21)19(25)24-17(20(26)23-3)10-13-4-7-15(22)8-5-13;1-2-4-5-3-1;;;/h4-14,16,18,24,30H,15,17H2,1-3H3,(H,29,33)(H,31,32);4-9,11-12,17H,10H2,1-3H3,(H,23,26)(H,24,25);4-9,11-12,17H,10,22H2,1-3H3,(H,23,26)(H,24,25);1-4H2;3*1H4. The van der Waals surface area contributed by atoms with Crippen molar-refractivity contribution in [2.24, 2.45) is 0 Å². The number of halogens is 4. The van der Waals surface area contributed by atoms with E-state index in [1.165, 1.54) is 88.6 Å². The van der Waals surface area contributed by atoms with Crippen LogP contribution < -0.4 is 56.6 Å². The van der Waals surface area contributed by atoms with Crippen LogP contribution in [0.25, 0.3) is 0 Å². The number of carbonyl (C=O) groups excluding carboxylic acids is 6. The Morgan fingerprint density at radius 3 is 1.04 bits per heavy atom. The van der Waals surface area contributed by atoms with Gasteiger partial charge in [-0.05, 0) is 168 Å². The molecule has 8 rings (SSSR count). The van der Waals surface area contributed by atoms with Crippen molar-refractivity contribution in [1.29, 1.82) is 0 Å². The average molecular weight is 1530 g/mol. The molecule has 28 heteroatoms. The average Bonchev–Trinajstić information content (AvgIpc) is 0.980. The van der Waals surface area contributed by atoms with Gasteiger partial charge in [-0.1, -0.05) is 124 Å². The second-order valence-corrected chi connectivity index (χ2v) is 28.6. The van der Waals surface area contributed by atoms with Gasteiger partial charge in [-0.2, -0.15) is 0 Å². The second-order valence-electron chi connectivity index (χ2n) is 23.1. The van der Waals surface area contributed by atoms with E-state index in [9.17, 15) is 45.6 Å². The maximum atomic E-state index is 12.8. The quantitative estimate of drug-likeness (QED) is 0.0185. The number of sulfonamides is 1. The van der Waals surface area contributed by atoms with Crippen molar-refractivity contribution in [3.63, 3.8) is 0 Å². The molecule has 7 aromatic rings. The van der Waals surface area contributed by atoms with Crippen molar-refractivity contribution < 1.29 is 64.6 Å². The molecule has 0 saturated carbocycles. The Hall–Kier alpha value is -8.46. The first kappa shape index (κ1) is 89.6. The van der Waals surface area contributed by atoms with Crippen LogP contribution in [0.4, 0.5) is 5.69 Å². The van der Waals surface area contributed by atoms with Gasteiger partial charge < -0.3 is 56.6 Å². The predicted molar refractivity (Wildman–Crippen MR) is 406 cm³/mol. The van der Waals surface area contributed by atoms with Crippen LogP contribution >= 0.6 is 45.5 Å². The van der Waals surface area contributed by atoms with Gasteiger partial charge in [-0.3, -0.25) is 28.8 Å². The fraction of sp³-hybridized carbons (Fsp3) is 0.351. The Morgan fingerprint density at radius 1 is 0.451 bits per heavy atom. The lowest BCUT2D eigenvalue weighted by Gasteiger charge is -2.18. The molecule has 1 fully saturated rings. The number of amides is 6. The zero-order valence-corrected chi connectivity index (χ0v) is 60.9. The van der Waals surface area contributed by atoms with Crippen LogP contribution in [0.5, 0.6) is 17.2 Å². The summed E-state index contributed by atoms with van der Waals surface area (Å²) in [5.74, 6) is -0.998. The fourth-order valence-corrected chi connectivity index (χ4v) is 11.6. The van der Waals surface area contributed by atoms with Gasteiger partial charge in [0.1, 0.15) is 35.4 Å².